The molecule has 0 bridgehead atoms. The van der Waals surface area contributed by atoms with E-state index in [9.17, 15) is 4.79 Å². The van der Waals surface area contributed by atoms with E-state index in [4.69, 9.17) is 0 Å². The average molecular weight is 108 g/mol. The third kappa shape index (κ3) is 1.34. The van der Waals surface area contributed by atoms with E-state index in [1.807, 2.05) is 18.2 Å². The van der Waals surface area contributed by atoms with Gasteiger partial charge >= 0.3 is 0 Å². The fraction of sp³-hybridized carbons (Fsp3) is 0.286. The van der Waals surface area contributed by atoms with Crippen molar-refractivity contribution < 1.29 is 4.79 Å². The van der Waals surface area contributed by atoms with Crippen LogP contribution in [0.3, 0.4) is 0 Å². The molecule has 1 aliphatic carbocycles. The summed E-state index contributed by atoms with van der Waals surface area (Å²) in [6, 6.07) is 0. The van der Waals surface area contributed by atoms with E-state index in [-0.39, 0.29) is 5.78 Å². The molecule has 0 aromatic rings. The molecule has 0 N–H and O–H groups in total. The molecule has 0 heterocycles. The Morgan fingerprint density at radius 3 is 3.00 bits per heavy atom. The molecule has 0 amide bonds. The molecule has 1 rings (SSSR count). The zero-order valence-electron chi connectivity index (χ0n) is 4.63. The first-order valence-corrected chi connectivity index (χ1v) is 2.74. The van der Waals surface area contributed by atoms with Crippen LogP contribution in [-0.2, 0) is 4.79 Å². The van der Waals surface area contributed by atoms with Crippen molar-refractivity contribution in [2.75, 3.05) is 0 Å². The molecule has 42 valence electrons. The number of allylic oxidation sites excluding steroid dienone is 4. The summed E-state index contributed by atoms with van der Waals surface area (Å²) in [5, 5.41) is 0. The molecule has 1 aliphatic rings. The molecule has 0 saturated carbocycles. The predicted octanol–water partition coefficient (Wildman–Crippen LogP) is 1.46. The molecule has 0 unspecified atom stereocenters. The topological polar surface area (TPSA) is 17.1 Å². The van der Waals surface area contributed by atoms with Crippen LogP contribution in [0.5, 0.6) is 0 Å². The number of hydrogen-bond donors (Lipinski definition) is 0. The van der Waals surface area contributed by atoms with Gasteiger partial charge < -0.3 is 0 Å². The van der Waals surface area contributed by atoms with E-state index in [0.29, 0.717) is 6.42 Å². The lowest BCUT2D eigenvalue weighted by atomic mass is 10.3. The molecule has 1 nitrogen and oxygen atoms in total. The van der Waals surface area contributed by atoms with Gasteiger partial charge in [0.2, 0.25) is 0 Å². The maximum absolute atomic E-state index is 10.5. The summed E-state index contributed by atoms with van der Waals surface area (Å²) in [6.07, 6.45) is 8.91. The SMILES string of the molecule is O=C1C=CCC=CC1. The van der Waals surface area contributed by atoms with Crippen molar-refractivity contribution in [1.29, 1.82) is 0 Å². The van der Waals surface area contributed by atoms with Crippen molar-refractivity contribution >= 4 is 5.78 Å². The third-order valence-corrected chi connectivity index (χ3v) is 1.06. The molecule has 0 aliphatic heterocycles. The third-order valence-electron chi connectivity index (χ3n) is 1.06. The number of rotatable bonds is 0. The van der Waals surface area contributed by atoms with Gasteiger partial charge in [-0.05, 0) is 12.5 Å². The lowest BCUT2D eigenvalue weighted by molar-refractivity contribution is -0.113. The maximum Gasteiger partial charge on any atom is 0.159 e. The monoisotopic (exact) mass is 108 g/mol. The molecule has 0 aromatic heterocycles. The van der Waals surface area contributed by atoms with E-state index in [0.717, 1.165) is 6.42 Å². The van der Waals surface area contributed by atoms with Crippen LogP contribution in [0.15, 0.2) is 24.3 Å². The van der Waals surface area contributed by atoms with Crippen LogP contribution in [0.1, 0.15) is 12.8 Å². The van der Waals surface area contributed by atoms with E-state index < -0.39 is 0 Å². The molecule has 0 fully saturated rings. The van der Waals surface area contributed by atoms with Gasteiger partial charge in [-0.1, -0.05) is 18.2 Å². The van der Waals surface area contributed by atoms with Gasteiger partial charge in [0.15, 0.2) is 5.78 Å². The summed E-state index contributed by atoms with van der Waals surface area (Å²) in [7, 11) is 0. The normalized spacial score (nSPS) is 18.8. The smallest absolute Gasteiger partial charge is 0.159 e. The summed E-state index contributed by atoms with van der Waals surface area (Å²) in [5.74, 6) is 0.207. The minimum Gasteiger partial charge on any atom is -0.295 e. The van der Waals surface area contributed by atoms with Gasteiger partial charge in [-0.3, -0.25) is 4.79 Å². The van der Waals surface area contributed by atoms with Crippen LogP contribution in [-0.4, -0.2) is 5.78 Å². The molecule has 0 spiro atoms. The van der Waals surface area contributed by atoms with Gasteiger partial charge in [0, 0.05) is 6.42 Å². The van der Waals surface area contributed by atoms with Crippen molar-refractivity contribution in [2.24, 2.45) is 0 Å². The van der Waals surface area contributed by atoms with Crippen molar-refractivity contribution in [3.8, 4) is 0 Å². The Bertz CT molecular complexity index is 142. The highest BCUT2D eigenvalue weighted by Crippen LogP contribution is 1.97. The minimum absolute atomic E-state index is 0.207. The molecule has 0 radical (unpaired) electrons. The first-order chi connectivity index (χ1) is 3.89. The number of carbonyl (C=O) groups excluding carboxylic acids is 1. The van der Waals surface area contributed by atoms with Crippen LogP contribution in [0.4, 0.5) is 0 Å². The molecule has 0 atom stereocenters. The van der Waals surface area contributed by atoms with Crippen molar-refractivity contribution in [1.82, 2.24) is 0 Å². The molecule has 8 heavy (non-hydrogen) atoms. The van der Waals surface area contributed by atoms with Gasteiger partial charge in [-0.2, -0.15) is 0 Å². The Morgan fingerprint density at radius 2 is 2.12 bits per heavy atom. The zero-order valence-corrected chi connectivity index (χ0v) is 4.63. The minimum atomic E-state index is 0.207. The van der Waals surface area contributed by atoms with E-state index in [1.165, 1.54) is 0 Å². The summed E-state index contributed by atoms with van der Waals surface area (Å²) >= 11 is 0. The summed E-state index contributed by atoms with van der Waals surface area (Å²) in [5.41, 5.74) is 0. The molecule has 1 heteroatoms. The van der Waals surface area contributed by atoms with Crippen LogP contribution in [0, 0.1) is 0 Å². The van der Waals surface area contributed by atoms with Gasteiger partial charge in [0.25, 0.3) is 0 Å². The summed E-state index contributed by atoms with van der Waals surface area (Å²) < 4.78 is 0. The van der Waals surface area contributed by atoms with Crippen LogP contribution >= 0.6 is 0 Å². The quantitative estimate of drug-likeness (QED) is 0.429. The molecular formula is C7H8O. The largest absolute Gasteiger partial charge is 0.295 e. The lowest BCUT2D eigenvalue weighted by Gasteiger charge is -1.78. The van der Waals surface area contributed by atoms with Crippen molar-refractivity contribution in [3.63, 3.8) is 0 Å². The van der Waals surface area contributed by atoms with Crippen molar-refractivity contribution in [2.45, 2.75) is 12.8 Å². The molecular weight excluding hydrogens is 100 g/mol. The van der Waals surface area contributed by atoms with Gasteiger partial charge in [-0.25, -0.2) is 0 Å². The Hall–Kier alpha value is -0.850. The van der Waals surface area contributed by atoms with Crippen LogP contribution in [0.2, 0.25) is 0 Å². The maximum atomic E-state index is 10.5. The second-order valence-electron chi connectivity index (χ2n) is 1.78. The second kappa shape index (κ2) is 2.46. The predicted molar refractivity (Wildman–Crippen MR) is 32.5 cm³/mol. The fourth-order valence-electron chi connectivity index (χ4n) is 0.642. The Morgan fingerprint density at radius 1 is 1.25 bits per heavy atom. The number of hydrogen-bond acceptors (Lipinski definition) is 1. The first-order valence-electron chi connectivity index (χ1n) is 2.74. The van der Waals surface area contributed by atoms with Gasteiger partial charge in [0.1, 0.15) is 0 Å². The highest BCUT2D eigenvalue weighted by molar-refractivity contribution is 5.90. The molecule has 0 aromatic carbocycles. The fourth-order valence-corrected chi connectivity index (χ4v) is 0.642. The number of carbonyl (C=O) groups is 1. The zero-order chi connectivity index (χ0) is 5.82. The van der Waals surface area contributed by atoms with E-state index >= 15 is 0 Å². The van der Waals surface area contributed by atoms with Gasteiger partial charge in [0.05, 0.1) is 0 Å². The summed E-state index contributed by atoms with van der Waals surface area (Å²) in [4.78, 5) is 10.5. The highest BCUT2D eigenvalue weighted by Gasteiger charge is 1.92. The Kier molecular flexibility index (Phi) is 1.62. The van der Waals surface area contributed by atoms with E-state index in [1.54, 1.807) is 6.08 Å². The Labute approximate surface area is 48.7 Å². The summed E-state index contributed by atoms with van der Waals surface area (Å²) in [6.45, 7) is 0. The van der Waals surface area contributed by atoms with Crippen molar-refractivity contribution in [3.05, 3.63) is 24.3 Å². The van der Waals surface area contributed by atoms with Crippen LogP contribution < -0.4 is 0 Å². The Balaban J connectivity index is 2.61. The molecule has 0 saturated heterocycles. The lowest BCUT2D eigenvalue weighted by Crippen LogP contribution is -1.85. The van der Waals surface area contributed by atoms with Gasteiger partial charge in [-0.15, -0.1) is 0 Å². The average Bonchev–Trinajstić information content (AvgIpc) is 1.94. The van der Waals surface area contributed by atoms with E-state index in [2.05, 4.69) is 0 Å². The second-order valence-corrected chi connectivity index (χ2v) is 1.78. The standard InChI is InChI=1S/C7H8O/c8-7-5-3-1-2-4-6-7/h1,3-4,6H,2,5H2. The van der Waals surface area contributed by atoms with Crippen LogP contribution in [0.25, 0.3) is 0 Å². The number of ketones is 1. The first kappa shape index (κ1) is 5.29. The highest BCUT2D eigenvalue weighted by atomic mass is 16.1.